The molecular weight excluding hydrogens is 344 g/mol. The quantitative estimate of drug-likeness (QED) is 0.798. The van der Waals surface area contributed by atoms with Crippen LogP contribution in [-0.2, 0) is 9.53 Å². The molecule has 2 fully saturated rings. The first-order valence-electron chi connectivity index (χ1n) is 8.61. The van der Waals surface area contributed by atoms with Gasteiger partial charge < -0.3 is 4.74 Å². The van der Waals surface area contributed by atoms with Crippen LogP contribution < -0.4 is 4.90 Å². The predicted molar refractivity (Wildman–Crippen MR) is 98.0 cm³/mol. The molecule has 128 valence electrons. The van der Waals surface area contributed by atoms with Crippen molar-refractivity contribution in [3.05, 3.63) is 22.7 Å². The number of aryl methyl sites for hydroxylation is 1. The lowest BCUT2D eigenvalue weighted by molar-refractivity contribution is -0.125. The van der Waals surface area contributed by atoms with Gasteiger partial charge in [0, 0.05) is 17.5 Å². The molecule has 1 saturated heterocycles. The molecule has 1 aliphatic heterocycles. The number of benzene rings is 1. The van der Waals surface area contributed by atoms with Crippen LogP contribution in [0.2, 0.25) is 5.02 Å². The maximum Gasteiger partial charge on any atom is 0.231 e. The fourth-order valence-electron chi connectivity index (χ4n) is 3.39. The minimum Gasteiger partial charge on any atom is -0.376 e. The molecule has 1 aromatic heterocycles. The van der Waals surface area contributed by atoms with Crippen molar-refractivity contribution in [2.75, 3.05) is 18.1 Å². The van der Waals surface area contributed by atoms with Crippen molar-refractivity contribution in [2.45, 2.75) is 45.1 Å². The fraction of sp³-hybridized carbons (Fsp3) is 0.556. The molecule has 1 saturated carbocycles. The molecule has 1 aromatic carbocycles. The van der Waals surface area contributed by atoms with E-state index in [2.05, 4.69) is 0 Å². The first-order chi connectivity index (χ1) is 11.6. The van der Waals surface area contributed by atoms with Crippen molar-refractivity contribution in [1.82, 2.24) is 4.98 Å². The van der Waals surface area contributed by atoms with E-state index in [1.54, 1.807) is 11.3 Å². The number of fused-ring (bicyclic) bond motifs is 1. The zero-order chi connectivity index (χ0) is 16.7. The van der Waals surface area contributed by atoms with Crippen LogP contribution in [0.25, 0.3) is 10.2 Å². The van der Waals surface area contributed by atoms with Crippen LogP contribution in [0.3, 0.4) is 0 Å². The van der Waals surface area contributed by atoms with Crippen LogP contribution in [-0.4, -0.2) is 30.1 Å². The second-order valence-electron chi connectivity index (χ2n) is 6.78. The van der Waals surface area contributed by atoms with Crippen LogP contribution in [0, 0.1) is 12.8 Å². The van der Waals surface area contributed by atoms with Crippen molar-refractivity contribution in [3.8, 4) is 0 Å². The van der Waals surface area contributed by atoms with Crippen molar-refractivity contribution in [1.29, 1.82) is 0 Å². The summed E-state index contributed by atoms with van der Waals surface area (Å²) in [7, 11) is 0. The van der Waals surface area contributed by atoms with Gasteiger partial charge in [-0.2, -0.15) is 0 Å². The Morgan fingerprint density at radius 3 is 2.88 bits per heavy atom. The molecule has 2 heterocycles. The van der Waals surface area contributed by atoms with Crippen molar-refractivity contribution in [2.24, 2.45) is 5.92 Å². The van der Waals surface area contributed by atoms with E-state index < -0.39 is 0 Å². The highest BCUT2D eigenvalue weighted by Gasteiger charge is 2.33. The van der Waals surface area contributed by atoms with Gasteiger partial charge >= 0.3 is 0 Å². The van der Waals surface area contributed by atoms with E-state index in [9.17, 15) is 4.79 Å². The summed E-state index contributed by atoms with van der Waals surface area (Å²) in [5.74, 6) is 0.364. The summed E-state index contributed by atoms with van der Waals surface area (Å²) in [6.45, 7) is 3.42. The zero-order valence-corrected chi connectivity index (χ0v) is 15.3. The number of rotatable bonds is 4. The van der Waals surface area contributed by atoms with E-state index in [1.165, 1.54) is 0 Å². The van der Waals surface area contributed by atoms with Gasteiger partial charge in [-0.1, -0.05) is 29.4 Å². The molecule has 0 N–H and O–H groups in total. The van der Waals surface area contributed by atoms with E-state index in [0.717, 1.165) is 59.6 Å². The molecule has 0 radical (unpaired) electrons. The number of carbonyl (C=O) groups excluding carboxylic acids is 1. The Bertz CT molecular complexity index is 766. The molecule has 1 amide bonds. The molecule has 0 spiro atoms. The number of amides is 1. The number of ether oxygens (including phenoxy) is 1. The number of hydrogen-bond donors (Lipinski definition) is 0. The Morgan fingerprint density at radius 1 is 1.38 bits per heavy atom. The lowest BCUT2D eigenvalue weighted by Crippen LogP contribution is -2.43. The normalized spacial score (nSPS) is 21.2. The lowest BCUT2D eigenvalue weighted by atomic mass is 9.84. The molecule has 6 heteroatoms. The second kappa shape index (κ2) is 6.62. The average Bonchev–Trinajstić information content (AvgIpc) is 3.11. The number of carbonyl (C=O) groups is 1. The Kier molecular flexibility index (Phi) is 4.50. The van der Waals surface area contributed by atoms with Gasteiger partial charge in [-0.05, 0) is 50.3 Å². The van der Waals surface area contributed by atoms with Crippen LogP contribution >= 0.6 is 22.9 Å². The van der Waals surface area contributed by atoms with Gasteiger partial charge in [0.2, 0.25) is 5.91 Å². The van der Waals surface area contributed by atoms with Gasteiger partial charge in [0.05, 0.1) is 22.9 Å². The monoisotopic (exact) mass is 364 g/mol. The predicted octanol–water partition coefficient (Wildman–Crippen LogP) is 4.57. The largest absolute Gasteiger partial charge is 0.376 e. The van der Waals surface area contributed by atoms with Gasteiger partial charge in [-0.15, -0.1) is 0 Å². The molecule has 1 aliphatic carbocycles. The Balaban J connectivity index is 1.68. The minimum atomic E-state index is 0.130. The van der Waals surface area contributed by atoms with E-state index >= 15 is 0 Å². The molecular formula is C18H21ClN2O2S. The van der Waals surface area contributed by atoms with E-state index in [-0.39, 0.29) is 17.9 Å². The highest BCUT2D eigenvalue weighted by Crippen LogP contribution is 2.36. The molecule has 2 aromatic rings. The number of halogens is 1. The van der Waals surface area contributed by atoms with Crippen molar-refractivity contribution < 1.29 is 9.53 Å². The molecule has 1 unspecified atom stereocenters. The van der Waals surface area contributed by atoms with Crippen molar-refractivity contribution in [3.63, 3.8) is 0 Å². The van der Waals surface area contributed by atoms with E-state index in [1.807, 2.05) is 24.0 Å². The van der Waals surface area contributed by atoms with Gasteiger partial charge in [-0.3, -0.25) is 9.69 Å². The van der Waals surface area contributed by atoms with Crippen LogP contribution in [0.5, 0.6) is 0 Å². The highest BCUT2D eigenvalue weighted by molar-refractivity contribution is 7.22. The van der Waals surface area contributed by atoms with Gasteiger partial charge in [0.1, 0.15) is 0 Å². The maximum absolute atomic E-state index is 13.0. The zero-order valence-electron chi connectivity index (χ0n) is 13.8. The van der Waals surface area contributed by atoms with Crippen LogP contribution in [0.4, 0.5) is 5.13 Å². The Morgan fingerprint density at radius 2 is 2.21 bits per heavy atom. The molecule has 24 heavy (non-hydrogen) atoms. The van der Waals surface area contributed by atoms with Gasteiger partial charge in [0.15, 0.2) is 5.13 Å². The van der Waals surface area contributed by atoms with Gasteiger partial charge in [0.25, 0.3) is 0 Å². The summed E-state index contributed by atoms with van der Waals surface area (Å²) >= 11 is 7.72. The average molecular weight is 365 g/mol. The smallest absolute Gasteiger partial charge is 0.231 e. The number of anilines is 1. The number of thiazole rings is 1. The summed E-state index contributed by atoms with van der Waals surface area (Å²) in [6, 6.07) is 3.86. The molecule has 0 bridgehead atoms. The molecule has 2 aliphatic rings. The number of aromatic nitrogens is 1. The van der Waals surface area contributed by atoms with Crippen LogP contribution in [0.1, 0.15) is 37.7 Å². The fourth-order valence-corrected chi connectivity index (χ4v) is 4.82. The lowest BCUT2D eigenvalue weighted by Gasteiger charge is -2.31. The van der Waals surface area contributed by atoms with Gasteiger partial charge in [-0.25, -0.2) is 4.98 Å². The summed E-state index contributed by atoms with van der Waals surface area (Å²) in [5, 5.41) is 1.49. The Hall–Kier alpha value is -1.17. The topological polar surface area (TPSA) is 42.4 Å². The third kappa shape index (κ3) is 3.05. The number of nitrogens with zero attached hydrogens (tertiary/aromatic N) is 2. The van der Waals surface area contributed by atoms with Crippen molar-refractivity contribution >= 4 is 44.2 Å². The first kappa shape index (κ1) is 16.3. The van der Waals surface area contributed by atoms with E-state index in [0.29, 0.717) is 11.6 Å². The maximum atomic E-state index is 13.0. The molecule has 1 atom stereocenters. The molecule has 4 rings (SSSR count). The third-order valence-corrected chi connectivity index (χ3v) is 6.24. The van der Waals surface area contributed by atoms with E-state index in [4.69, 9.17) is 21.3 Å². The second-order valence-corrected chi connectivity index (χ2v) is 8.22. The standard InChI is InChI=1S/C18H21ClN2O2S/c1-11-8-13(19)9-15-16(11)20-18(24-15)21(10-14-6-3-7-23-14)17(22)12-4-2-5-12/h8-9,12,14H,2-7,10H2,1H3. The SMILES string of the molecule is Cc1cc(Cl)cc2sc(N(CC3CCCO3)C(=O)C3CCC3)nc12. The summed E-state index contributed by atoms with van der Waals surface area (Å²) in [4.78, 5) is 19.6. The summed E-state index contributed by atoms with van der Waals surface area (Å²) in [5.41, 5.74) is 1.99. The number of hydrogen-bond acceptors (Lipinski definition) is 4. The highest BCUT2D eigenvalue weighted by atomic mass is 35.5. The van der Waals surface area contributed by atoms with Crippen LogP contribution in [0.15, 0.2) is 12.1 Å². The Labute approximate surface area is 150 Å². The summed E-state index contributed by atoms with van der Waals surface area (Å²) < 4.78 is 6.80. The summed E-state index contributed by atoms with van der Waals surface area (Å²) in [6.07, 6.45) is 5.37. The molecule has 4 nitrogen and oxygen atoms in total. The minimum absolute atomic E-state index is 0.130. The first-order valence-corrected chi connectivity index (χ1v) is 9.81. The third-order valence-electron chi connectivity index (χ3n) is 5.00.